The molecule has 0 aliphatic carbocycles. The highest BCUT2D eigenvalue weighted by Gasteiger charge is 2.26. The Kier molecular flexibility index (Phi) is 4.53. The summed E-state index contributed by atoms with van der Waals surface area (Å²) in [5.74, 6) is 0.119. The van der Waals surface area contributed by atoms with Crippen LogP contribution in [0.2, 0.25) is 0 Å². The molecule has 1 aliphatic heterocycles. The van der Waals surface area contributed by atoms with E-state index in [-0.39, 0.29) is 5.91 Å². The first-order valence-corrected chi connectivity index (χ1v) is 7.42. The minimum Gasteiger partial charge on any atom is -0.397 e. The molecular formula is C16H25N3O. The first-order valence-electron chi connectivity index (χ1n) is 7.42. The molecule has 4 heteroatoms. The van der Waals surface area contributed by atoms with Crippen molar-refractivity contribution in [2.24, 2.45) is 0 Å². The van der Waals surface area contributed by atoms with Gasteiger partial charge in [0.2, 0.25) is 0 Å². The normalized spacial score (nSPS) is 18.9. The van der Waals surface area contributed by atoms with E-state index in [0.29, 0.717) is 17.3 Å². The van der Waals surface area contributed by atoms with Gasteiger partial charge < -0.3 is 15.5 Å². The summed E-state index contributed by atoms with van der Waals surface area (Å²) in [6.07, 6.45) is 4.47. The fourth-order valence-corrected chi connectivity index (χ4v) is 2.95. The molecule has 4 nitrogen and oxygen atoms in total. The summed E-state index contributed by atoms with van der Waals surface area (Å²) in [5, 5.41) is 0. The summed E-state index contributed by atoms with van der Waals surface area (Å²) in [7, 11) is 3.90. The Balaban J connectivity index is 2.22. The van der Waals surface area contributed by atoms with Gasteiger partial charge in [0.1, 0.15) is 0 Å². The summed E-state index contributed by atoms with van der Waals surface area (Å²) < 4.78 is 0. The maximum Gasteiger partial charge on any atom is 0.254 e. The lowest BCUT2D eigenvalue weighted by molar-refractivity contribution is 0.0608. The topological polar surface area (TPSA) is 49.6 Å². The Morgan fingerprint density at radius 2 is 2.15 bits per heavy atom. The summed E-state index contributed by atoms with van der Waals surface area (Å²) in [6, 6.07) is 5.99. The first kappa shape index (κ1) is 14.7. The van der Waals surface area contributed by atoms with Crippen LogP contribution in [0.15, 0.2) is 18.2 Å². The van der Waals surface area contributed by atoms with Crippen molar-refractivity contribution in [3.05, 3.63) is 23.8 Å². The quantitative estimate of drug-likeness (QED) is 0.863. The molecule has 20 heavy (non-hydrogen) atoms. The molecule has 1 amide bonds. The molecule has 110 valence electrons. The van der Waals surface area contributed by atoms with Crippen LogP contribution < -0.4 is 10.6 Å². The Morgan fingerprint density at radius 3 is 2.75 bits per heavy atom. The average Bonchev–Trinajstić information content (AvgIpc) is 2.45. The molecule has 1 saturated heterocycles. The van der Waals surface area contributed by atoms with Crippen molar-refractivity contribution in [2.45, 2.75) is 38.6 Å². The maximum absolute atomic E-state index is 12.7. The van der Waals surface area contributed by atoms with Crippen LogP contribution in [0.25, 0.3) is 0 Å². The monoisotopic (exact) mass is 275 g/mol. The van der Waals surface area contributed by atoms with Crippen LogP contribution in [-0.2, 0) is 0 Å². The van der Waals surface area contributed by atoms with Crippen molar-refractivity contribution in [1.82, 2.24) is 4.90 Å². The Morgan fingerprint density at radius 1 is 1.40 bits per heavy atom. The molecule has 0 bridgehead atoms. The van der Waals surface area contributed by atoms with E-state index >= 15 is 0 Å². The van der Waals surface area contributed by atoms with Gasteiger partial charge in [0.05, 0.1) is 11.4 Å². The van der Waals surface area contributed by atoms with Gasteiger partial charge in [-0.05, 0) is 43.9 Å². The number of carbonyl (C=O) groups excluding carboxylic acids is 1. The van der Waals surface area contributed by atoms with Crippen molar-refractivity contribution in [1.29, 1.82) is 0 Å². The molecule has 1 unspecified atom stereocenters. The van der Waals surface area contributed by atoms with Gasteiger partial charge in [-0.15, -0.1) is 0 Å². The third-order valence-corrected chi connectivity index (χ3v) is 4.12. The molecule has 0 aromatic heterocycles. The van der Waals surface area contributed by atoms with Crippen molar-refractivity contribution in [3.8, 4) is 0 Å². The van der Waals surface area contributed by atoms with E-state index in [1.807, 2.05) is 36.0 Å². The van der Waals surface area contributed by atoms with E-state index in [0.717, 1.165) is 31.5 Å². The zero-order chi connectivity index (χ0) is 14.7. The summed E-state index contributed by atoms with van der Waals surface area (Å²) >= 11 is 0. The molecular weight excluding hydrogens is 250 g/mol. The highest BCUT2D eigenvalue weighted by atomic mass is 16.2. The van der Waals surface area contributed by atoms with E-state index in [4.69, 9.17) is 5.73 Å². The predicted molar refractivity (Wildman–Crippen MR) is 84.1 cm³/mol. The second-order valence-electron chi connectivity index (χ2n) is 5.72. The highest BCUT2D eigenvalue weighted by Crippen LogP contribution is 2.26. The standard InChI is InChI=1S/C16H25N3O/c1-4-13-7-5-6-10-19(13)16(20)12-8-9-15(18(2)3)14(17)11-12/h8-9,11,13H,4-7,10,17H2,1-3H3. The smallest absolute Gasteiger partial charge is 0.254 e. The van der Waals surface area contributed by atoms with Crippen LogP contribution in [0.3, 0.4) is 0 Å². The van der Waals surface area contributed by atoms with Crippen LogP contribution in [0.1, 0.15) is 43.0 Å². The summed E-state index contributed by atoms with van der Waals surface area (Å²) in [5.41, 5.74) is 8.36. The van der Waals surface area contributed by atoms with Gasteiger partial charge in [0, 0.05) is 32.2 Å². The van der Waals surface area contributed by atoms with E-state index in [1.54, 1.807) is 6.07 Å². The maximum atomic E-state index is 12.7. The molecule has 1 fully saturated rings. The van der Waals surface area contributed by atoms with E-state index in [2.05, 4.69) is 6.92 Å². The zero-order valence-electron chi connectivity index (χ0n) is 12.7. The lowest BCUT2D eigenvalue weighted by atomic mass is 9.98. The SMILES string of the molecule is CCC1CCCCN1C(=O)c1ccc(N(C)C)c(N)c1. The van der Waals surface area contributed by atoms with Gasteiger partial charge >= 0.3 is 0 Å². The van der Waals surface area contributed by atoms with E-state index in [9.17, 15) is 4.79 Å². The highest BCUT2D eigenvalue weighted by molar-refractivity contribution is 5.96. The van der Waals surface area contributed by atoms with Crippen LogP contribution >= 0.6 is 0 Å². The van der Waals surface area contributed by atoms with Gasteiger partial charge in [-0.2, -0.15) is 0 Å². The van der Waals surface area contributed by atoms with Gasteiger partial charge in [0.15, 0.2) is 0 Å². The molecule has 1 atom stereocenters. The van der Waals surface area contributed by atoms with Gasteiger partial charge in [0.25, 0.3) is 5.91 Å². The molecule has 1 aromatic carbocycles. The summed E-state index contributed by atoms with van der Waals surface area (Å²) in [6.45, 7) is 3.02. The van der Waals surface area contributed by atoms with Crippen LogP contribution in [0.5, 0.6) is 0 Å². The molecule has 0 saturated carbocycles. The Bertz CT molecular complexity index is 485. The van der Waals surface area contributed by atoms with Crippen LogP contribution in [-0.4, -0.2) is 37.5 Å². The van der Waals surface area contributed by atoms with Crippen molar-refractivity contribution < 1.29 is 4.79 Å². The number of nitrogens with zero attached hydrogens (tertiary/aromatic N) is 2. The van der Waals surface area contributed by atoms with Crippen LogP contribution in [0, 0.1) is 0 Å². The van der Waals surface area contributed by atoms with Gasteiger partial charge in [-0.25, -0.2) is 0 Å². The third kappa shape index (κ3) is 2.89. The molecule has 1 aromatic rings. The predicted octanol–water partition coefficient (Wildman–Crippen LogP) is 2.74. The lowest BCUT2D eigenvalue weighted by Gasteiger charge is -2.35. The van der Waals surface area contributed by atoms with Crippen molar-refractivity contribution in [2.75, 3.05) is 31.3 Å². The number of nitrogens with two attached hydrogens (primary N) is 1. The number of likely N-dealkylation sites (tertiary alicyclic amines) is 1. The number of anilines is 2. The molecule has 2 N–H and O–H groups in total. The molecule has 2 rings (SSSR count). The number of amides is 1. The first-order chi connectivity index (χ1) is 9.54. The van der Waals surface area contributed by atoms with Crippen molar-refractivity contribution >= 4 is 17.3 Å². The van der Waals surface area contributed by atoms with Gasteiger partial charge in [-0.1, -0.05) is 6.92 Å². The minimum atomic E-state index is 0.119. The third-order valence-electron chi connectivity index (χ3n) is 4.12. The fraction of sp³-hybridized carbons (Fsp3) is 0.562. The molecule has 0 radical (unpaired) electrons. The number of piperidine rings is 1. The Labute approximate surface area is 121 Å². The minimum absolute atomic E-state index is 0.119. The van der Waals surface area contributed by atoms with Gasteiger partial charge in [-0.3, -0.25) is 4.79 Å². The molecule has 1 aliphatic rings. The van der Waals surface area contributed by atoms with E-state index in [1.165, 1.54) is 6.42 Å². The number of hydrogen-bond acceptors (Lipinski definition) is 3. The molecule has 1 heterocycles. The van der Waals surface area contributed by atoms with Crippen LogP contribution in [0.4, 0.5) is 11.4 Å². The number of carbonyl (C=O) groups is 1. The number of nitrogen functional groups attached to an aromatic ring is 1. The van der Waals surface area contributed by atoms with Crippen molar-refractivity contribution in [3.63, 3.8) is 0 Å². The number of hydrogen-bond donors (Lipinski definition) is 1. The second kappa shape index (κ2) is 6.16. The zero-order valence-corrected chi connectivity index (χ0v) is 12.7. The average molecular weight is 275 g/mol. The Hall–Kier alpha value is -1.71. The number of benzene rings is 1. The second-order valence-corrected chi connectivity index (χ2v) is 5.72. The summed E-state index contributed by atoms with van der Waals surface area (Å²) in [4.78, 5) is 16.6. The fourth-order valence-electron chi connectivity index (χ4n) is 2.95. The largest absolute Gasteiger partial charge is 0.397 e. The van der Waals surface area contributed by atoms with E-state index < -0.39 is 0 Å². The molecule has 0 spiro atoms. The lowest BCUT2D eigenvalue weighted by Crippen LogP contribution is -2.43. The number of rotatable bonds is 3.